The molecule has 1 atom stereocenters. The molecule has 0 aliphatic heterocycles. The van der Waals surface area contributed by atoms with Crippen molar-refractivity contribution in [3.63, 3.8) is 0 Å². The van der Waals surface area contributed by atoms with Crippen molar-refractivity contribution in [1.82, 2.24) is 4.90 Å². The normalized spacial score (nSPS) is 12.5. The van der Waals surface area contributed by atoms with Crippen LogP contribution in [-0.2, 0) is 19.1 Å². The molecule has 0 radical (unpaired) electrons. The van der Waals surface area contributed by atoms with Crippen molar-refractivity contribution in [3.05, 3.63) is 24.3 Å². The highest BCUT2D eigenvalue weighted by Gasteiger charge is 2.16. The van der Waals surface area contributed by atoms with Crippen LogP contribution in [0.2, 0.25) is 0 Å². The SMILES string of the molecule is CCCCC/C=C\C/C=C\CCCCCCCCC(CCOC(=O)CCCCCC(CCCCCC)CCCCCC)OC(=O)CCCN(C)C. The fourth-order valence-electron chi connectivity index (χ4n) is 6.81. The van der Waals surface area contributed by atoms with Crippen molar-refractivity contribution in [2.24, 2.45) is 5.92 Å². The summed E-state index contributed by atoms with van der Waals surface area (Å²) in [6, 6.07) is 0. The number of nitrogens with zero attached hydrogens (tertiary/aromatic N) is 1. The smallest absolute Gasteiger partial charge is 0.306 e. The topological polar surface area (TPSA) is 55.8 Å². The maximum atomic E-state index is 12.6. The van der Waals surface area contributed by atoms with E-state index in [-0.39, 0.29) is 18.0 Å². The summed E-state index contributed by atoms with van der Waals surface area (Å²) < 4.78 is 11.5. The molecule has 0 spiro atoms. The highest BCUT2D eigenvalue weighted by atomic mass is 16.6. The Labute approximate surface area is 318 Å². The second-order valence-electron chi connectivity index (χ2n) is 15.6. The molecule has 0 aliphatic carbocycles. The van der Waals surface area contributed by atoms with Crippen LogP contribution in [0.15, 0.2) is 24.3 Å². The lowest BCUT2D eigenvalue weighted by molar-refractivity contribution is -0.152. The Hall–Kier alpha value is -1.62. The molecule has 1 unspecified atom stereocenters. The van der Waals surface area contributed by atoms with Gasteiger partial charge in [0, 0.05) is 19.3 Å². The molecule has 0 bridgehead atoms. The Morgan fingerprint density at radius 2 is 0.980 bits per heavy atom. The van der Waals surface area contributed by atoms with Gasteiger partial charge < -0.3 is 14.4 Å². The zero-order chi connectivity index (χ0) is 37.5. The highest BCUT2D eigenvalue weighted by molar-refractivity contribution is 5.70. The minimum absolute atomic E-state index is 0.101. The summed E-state index contributed by atoms with van der Waals surface area (Å²) in [5, 5.41) is 0. The molecular weight excluding hydrogens is 631 g/mol. The van der Waals surface area contributed by atoms with Gasteiger partial charge in [0.05, 0.1) is 6.61 Å². The summed E-state index contributed by atoms with van der Waals surface area (Å²) in [4.78, 5) is 27.2. The molecule has 0 fully saturated rings. The van der Waals surface area contributed by atoms with Crippen LogP contribution in [0, 0.1) is 5.92 Å². The van der Waals surface area contributed by atoms with Crippen molar-refractivity contribution in [1.29, 1.82) is 0 Å². The Morgan fingerprint density at radius 1 is 0.510 bits per heavy atom. The highest BCUT2D eigenvalue weighted by Crippen LogP contribution is 2.24. The minimum atomic E-state index is -0.165. The molecule has 5 nitrogen and oxygen atoms in total. The van der Waals surface area contributed by atoms with Gasteiger partial charge >= 0.3 is 11.9 Å². The minimum Gasteiger partial charge on any atom is -0.466 e. The summed E-state index contributed by atoms with van der Waals surface area (Å²) in [5.74, 6) is 0.635. The van der Waals surface area contributed by atoms with Gasteiger partial charge in [-0.25, -0.2) is 0 Å². The van der Waals surface area contributed by atoms with Crippen LogP contribution in [0.4, 0.5) is 0 Å². The van der Waals surface area contributed by atoms with Crippen LogP contribution in [0.5, 0.6) is 0 Å². The first-order chi connectivity index (χ1) is 24.9. The molecule has 51 heavy (non-hydrogen) atoms. The molecular formula is C46H87NO4. The van der Waals surface area contributed by atoms with Gasteiger partial charge in [-0.1, -0.05) is 167 Å². The summed E-state index contributed by atoms with van der Waals surface area (Å²) in [7, 11) is 4.05. The zero-order valence-corrected chi connectivity index (χ0v) is 34.9. The molecule has 5 heteroatoms. The predicted octanol–water partition coefficient (Wildman–Crippen LogP) is 13.9. The van der Waals surface area contributed by atoms with Crippen LogP contribution >= 0.6 is 0 Å². The first kappa shape index (κ1) is 49.4. The van der Waals surface area contributed by atoms with Crippen molar-refractivity contribution >= 4 is 11.9 Å². The standard InChI is InChI=1S/C46H87NO4/c1-6-9-12-15-16-17-18-19-20-21-22-23-24-25-26-31-37-44(51-46(49)39-33-41-47(4)5)40-42-50-45(48)38-32-27-30-36-43(34-28-13-10-7-2)35-29-14-11-8-3/h16-17,19-20,43-44H,6-15,18,21-42H2,1-5H3/b17-16-,20-19-. The first-order valence-corrected chi connectivity index (χ1v) is 22.2. The molecule has 0 amide bonds. The Bertz CT molecular complexity index is 795. The molecule has 0 aromatic rings. The van der Waals surface area contributed by atoms with E-state index in [9.17, 15) is 9.59 Å². The average molecular weight is 718 g/mol. The molecule has 0 aliphatic rings. The van der Waals surface area contributed by atoms with Crippen molar-refractivity contribution in [2.75, 3.05) is 27.2 Å². The lowest BCUT2D eigenvalue weighted by Gasteiger charge is -2.19. The largest absolute Gasteiger partial charge is 0.466 e. The van der Waals surface area contributed by atoms with Crippen LogP contribution in [0.1, 0.15) is 220 Å². The molecule has 0 heterocycles. The van der Waals surface area contributed by atoms with Crippen LogP contribution in [-0.4, -0.2) is 50.2 Å². The van der Waals surface area contributed by atoms with E-state index >= 15 is 0 Å². The summed E-state index contributed by atoms with van der Waals surface area (Å²) in [6.07, 6.45) is 45.0. The van der Waals surface area contributed by atoms with Crippen molar-refractivity contribution < 1.29 is 19.1 Å². The lowest BCUT2D eigenvalue weighted by Crippen LogP contribution is -2.22. The number of esters is 2. The summed E-state index contributed by atoms with van der Waals surface area (Å²) in [5.41, 5.74) is 0. The number of rotatable bonds is 39. The number of carbonyl (C=O) groups excluding carboxylic acids is 2. The molecule has 0 saturated carbocycles. The van der Waals surface area contributed by atoms with Gasteiger partial charge in [-0.3, -0.25) is 9.59 Å². The third kappa shape index (κ3) is 37.9. The summed E-state index contributed by atoms with van der Waals surface area (Å²) in [6.45, 7) is 8.04. The second-order valence-corrected chi connectivity index (χ2v) is 15.6. The van der Waals surface area contributed by atoms with Crippen LogP contribution in [0.3, 0.4) is 0 Å². The number of ether oxygens (including phenoxy) is 2. The van der Waals surface area contributed by atoms with Crippen molar-refractivity contribution in [2.45, 2.75) is 226 Å². The van der Waals surface area contributed by atoms with E-state index in [4.69, 9.17) is 9.47 Å². The monoisotopic (exact) mass is 718 g/mol. The predicted molar refractivity (Wildman–Crippen MR) is 221 cm³/mol. The van der Waals surface area contributed by atoms with Crippen molar-refractivity contribution in [3.8, 4) is 0 Å². The Kier molecular flexibility index (Phi) is 38.3. The van der Waals surface area contributed by atoms with Gasteiger partial charge in [0.2, 0.25) is 0 Å². The lowest BCUT2D eigenvalue weighted by atomic mass is 9.89. The van der Waals surface area contributed by atoms with E-state index in [1.165, 1.54) is 135 Å². The number of unbranched alkanes of at least 4 members (excludes halogenated alkanes) is 17. The Balaban J connectivity index is 4.32. The van der Waals surface area contributed by atoms with E-state index in [1.54, 1.807) is 0 Å². The maximum Gasteiger partial charge on any atom is 0.306 e. The number of carbonyl (C=O) groups is 2. The van der Waals surface area contributed by atoms with E-state index in [0.29, 0.717) is 25.9 Å². The molecule has 0 rings (SSSR count). The van der Waals surface area contributed by atoms with Crippen LogP contribution in [0.25, 0.3) is 0 Å². The molecule has 300 valence electrons. The quantitative estimate of drug-likeness (QED) is 0.0360. The Morgan fingerprint density at radius 3 is 1.57 bits per heavy atom. The van der Waals surface area contributed by atoms with E-state index in [1.807, 2.05) is 14.1 Å². The average Bonchev–Trinajstić information content (AvgIpc) is 3.10. The molecule has 0 saturated heterocycles. The summed E-state index contributed by atoms with van der Waals surface area (Å²) >= 11 is 0. The molecule has 0 N–H and O–H groups in total. The van der Waals surface area contributed by atoms with Gasteiger partial charge in [0.25, 0.3) is 0 Å². The number of hydrogen-bond acceptors (Lipinski definition) is 5. The fourth-order valence-corrected chi connectivity index (χ4v) is 6.81. The van der Waals surface area contributed by atoms with Gasteiger partial charge in [-0.2, -0.15) is 0 Å². The number of hydrogen-bond donors (Lipinski definition) is 0. The fraction of sp³-hybridized carbons (Fsp3) is 0.870. The van der Waals surface area contributed by atoms with Gasteiger partial charge in [-0.15, -0.1) is 0 Å². The van der Waals surface area contributed by atoms with Crippen LogP contribution < -0.4 is 0 Å². The second kappa shape index (κ2) is 39.6. The third-order valence-electron chi connectivity index (χ3n) is 10.1. The first-order valence-electron chi connectivity index (χ1n) is 22.2. The molecule has 0 aromatic carbocycles. The van der Waals surface area contributed by atoms with Gasteiger partial charge in [0.1, 0.15) is 6.10 Å². The zero-order valence-electron chi connectivity index (χ0n) is 34.9. The van der Waals surface area contributed by atoms with Gasteiger partial charge in [-0.05, 0) is 84.3 Å². The van der Waals surface area contributed by atoms with E-state index in [2.05, 4.69) is 50.0 Å². The maximum absolute atomic E-state index is 12.6. The van der Waals surface area contributed by atoms with E-state index < -0.39 is 0 Å². The number of allylic oxidation sites excluding steroid dienone is 4. The van der Waals surface area contributed by atoms with Gasteiger partial charge in [0.15, 0.2) is 0 Å². The van der Waals surface area contributed by atoms with E-state index in [0.717, 1.165) is 57.4 Å². The molecule has 0 aromatic heterocycles. The third-order valence-corrected chi connectivity index (χ3v) is 10.1.